The first-order valence-electron chi connectivity index (χ1n) is 4.88. The number of hydrogen-bond donors (Lipinski definition) is 2. The predicted octanol–water partition coefficient (Wildman–Crippen LogP) is 2.90. The van der Waals surface area contributed by atoms with E-state index in [1.54, 1.807) is 19.1 Å². The zero-order valence-electron chi connectivity index (χ0n) is 9.04. The highest BCUT2D eigenvalue weighted by Crippen LogP contribution is 2.23. The molecule has 0 spiro atoms. The van der Waals surface area contributed by atoms with Gasteiger partial charge in [-0.3, -0.25) is 0 Å². The lowest BCUT2D eigenvalue weighted by Crippen LogP contribution is -2.02. The number of benzene rings is 1. The molecule has 2 rings (SSSR count). The van der Waals surface area contributed by atoms with Crippen molar-refractivity contribution in [2.24, 2.45) is 0 Å². The molecule has 3 N–H and O–H groups in total. The van der Waals surface area contributed by atoms with Crippen molar-refractivity contribution in [1.82, 2.24) is 9.97 Å². The van der Waals surface area contributed by atoms with Gasteiger partial charge in [0.2, 0.25) is 5.95 Å². The monoisotopic (exact) mass is 252 g/mol. The average molecular weight is 253 g/mol. The number of aromatic nitrogens is 2. The molecule has 0 aliphatic heterocycles. The SMILES string of the molecule is Cc1cccc(F)c1Nc1cc(Cl)nc(N)n1. The normalized spacial score (nSPS) is 10.3. The van der Waals surface area contributed by atoms with Crippen molar-refractivity contribution in [2.45, 2.75) is 6.92 Å². The number of nitrogens with two attached hydrogens (primary N) is 1. The van der Waals surface area contributed by atoms with Crippen molar-refractivity contribution in [3.05, 3.63) is 40.8 Å². The lowest BCUT2D eigenvalue weighted by Gasteiger charge is -2.10. The molecule has 0 fully saturated rings. The van der Waals surface area contributed by atoms with E-state index in [2.05, 4.69) is 15.3 Å². The van der Waals surface area contributed by atoms with Gasteiger partial charge in [0.15, 0.2) is 0 Å². The molecule has 0 unspecified atom stereocenters. The smallest absolute Gasteiger partial charge is 0.223 e. The molecule has 17 heavy (non-hydrogen) atoms. The van der Waals surface area contributed by atoms with Crippen molar-refractivity contribution in [1.29, 1.82) is 0 Å². The molecule has 0 aliphatic rings. The zero-order chi connectivity index (χ0) is 12.4. The summed E-state index contributed by atoms with van der Waals surface area (Å²) < 4.78 is 13.6. The van der Waals surface area contributed by atoms with Gasteiger partial charge in [-0.1, -0.05) is 23.7 Å². The van der Waals surface area contributed by atoms with Crippen LogP contribution in [-0.4, -0.2) is 9.97 Å². The molecule has 0 saturated carbocycles. The lowest BCUT2D eigenvalue weighted by atomic mass is 10.2. The zero-order valence-corrected chi connectivity index (χ0v) is 9.79. The fraction of sp³-hybridized carbons (Fsp3) is 0.0909. The fourth-order valence-electron chi connectivity index (χ4n) is 1.42. The van der Waals surface area contributed by atoms with Crippen LogP contribution in [0.25, 0.3) is 0 Å². The maximum atomic E-state index is 13.6. The van der Waals surface area contributed by atoms with Crippen LogP contribution in [0.5, 0.6) is 0 Å². The molecule has 1 aromatic carbocycles. The Kier molecular flexibility index (Phi) is 3.10. The molecule has 0 aliphatic carbocycles. The second-order valence-electron chi connectivity index (χ2n) is 3.49. The summed E-state index contributed by atoms with van der Waals surface area (Å²) in [6, 6.07) is 6.26. The number of rotatable bonds is 2. The second kappa shape index (κ2) is 4.55. The van der Waals surface area contributed by atoms with Gasteiger partial charge in [0, 0.05) is 6.07 Å². The summed E-state index contributed by atoms with van der Waals surface area (Å²) in [7, 11) is 0. The van der Waals surface area contributed by atoms with Crippen LogP contribution in [0.1, 0.15) is 5.56 Å². The van der Waals surface area contributed by atoms with Gasteiger partial charge in [-0.15, -0.1) is 0 Å². The van der Waals surface area contributed by atoms with Crippen LogP contribution < -0.4 is 11.1 Å². The molecule has 1 aromatic heterocycles. The van der Waals surface area contributed by atoms with Crippen LogP contribution in [0.3, 0.4) is 0 Å². The van der Waals surface area contributed by atoms with E-state index in [0.717, 1.165) is 5.56 Å². The van der Waals surface area contributed by atoms with Gasteiger partial charge in [0.05, 0.1) is 5.69 Å². The summed E-state index contributed by atoms with van der Waals surface area (Å²) >= 11 is 5.73. The standard InChI is InChI=1S/C11H10ClFN4/c1-6-3-2-4-7(13)10(6)16-9-5-8(12)15-11(14)17-9/h2-5H,1H3,(H3,14,15,16,17). The number of halogens is 2. The van der Waals surface area contributed by atoms with E-state index >= 15 is 0 Å². The molecular formula is C11H10ClFN4. The van der Waals surface area contributed by atoms with Crippen LogP contribution in [0.15, 0.2) is 24.3 Å². The van der Waals surface area contributed by atoms with Crippen molar-refractivity contribution >= 4 is 29.1 Å². The molecule has 4 nitrogen and oxygen atoms in total. The minimum Gasteiger partial charge on any atom is -0.368 e. The maximum absolute atomic E-state index is 13.6. The third-order valence-electron chi connectivity index (χ3n) is 2.19. The number of para-hydroxylation sites is 1. The number of nitrogen functional groups attached to an aromatic ring is 1. The summed E-state index contributed by atoms with van der Waals surface area (Å²) in [5.41, 5.74) is 6.56. The highest BCUT2D eigenvalue weighted by Gasteiger charge is 2.07. The largest absolute Gasteiger partial charge is 0.368 e. The summed E-state index contributed by atoms with van der Waals surface area (Å²) in [6.45, 7) is 1.79. The quantitative estimate of drug-likeness (QED) is 0.807. The molecule has 0 bridgehead atoms. The third kappa shape index (κ3) is 2.62. The van der Waals surface area contributed by atoms with Crippen LogP contribution in [0.2, 0.25) is 5.15 Å². The summed E-state index contributed by atoms with van der Waals surface area (Å²) in [5, 5.41) is 3.03. The van der Waals surface area contributed by atoms with Gasteiger partial charge in [-0.25, -0.2) is 9.37 Å². The first-order chi connectivity index (χ1) is 8.06. The van der Waals surface area contributed by atoms with E-state index in [9.17, 15) is 4.39 Å². The van der Waals surface area contributed by atoms with E-state index in [0.29, 0.717) is 11.5 Å². The highest BCUT2D eigenvalue weighted by molar-refractivity contribution is 6.29. The van der Waals surface area contributed by atoms with Crippen molar-refractivity contribution in [3.63, 3.8) is 0 Å². The number of hydrogen-bond acceptors (Lipinski definition) is 4. The second-order valence-corrected chi connectivity index (χ2v) is 3.88. The molecule has 88 valence electrons. The molecule has 6 heteroatoms. The number of aryl methyl sites for hydroxylation is 1. The van der Waals surface area contributed by atoms with Gasteiger partial charge >= 0.3 is 0 Å². The van der Waals surface area contributed by atoms with Crippen molar-refractivity contribution < 1.29 is 4.39 Å². The first-order valence-corrected chi connectivity index (χ1v) is 5.26. The Bertz CT molecular complexity index is 519. The molecule has 0 saturated heterocycles. The third-order valence-corrected chi connectivity index (χ3v) is 2.38. The van der Waals surface area contributed by atoms with Crippen LogP contribution in [0, 0.1) is 12.7 Å². The van der Waals surface area contributed by atoms with E-state index in [1.807, 2.05) is 0 Å². The van der Waals surface area contributed by atoms with Gasteiger partial charge < -0.3 is 11.1 Å². The summed E-state index contributed by atoms with van der Waals surface area (Å²) in [5.74, 6) is 0.0306. The van der Waals surface area contributed by atoms with Crippen molar-refractivity contribution in [2.75, 3.05) is 11.1 Å². The molecule has 2 aromatic rings. The van der Waals surface area contributed by atoms with Gasteiger partial charge in [-0.05, 0) is 18.6 Å². The van der Waals surface area contributed by atoms with Crippen LogP contribution in [0.4, 0.5) is 21.8 Å². The van der Waals surface area contributed by atoms with E-state index in [-0.39, 0.29) is 16.9 Å². The number of nitrogens with one attached hydrogen (secondary N) is 1. The van der Waals surface area contributed by atoms with Crippen molar-refractivity contribution in [3.8, 4) is 0 Å². The fourth-order valence-corrected chi connectivity index (χ4v) is 1.61. The van der Waals surface area contributed by atoms with E-state index in [1.165, 1.54) is 12.1 Å². The minimum absolute atomic E-state index is 0.0361. The Balaban J connectivity index is 2.38. The lowest BCUT2D eigenvalue weighted by molar-refractivity contribution is 0.631. The Hall–Kier alpha value is -1.88. The van der Waals surface area contributed by atoms with Gasteiger partial charge in [0.25, 0.3) is 0 Å². The highest BCUT2D eigenvalue weighted by atomic mass is 35.5. The topological polar surface area (TPSA) is 63.8 Å². The Morgan fingerprint density at radius 2 is 2.12 bits per heavy atom. The van der Waals surface area contributed by atoms with Crippen LogP contribution in [-0.2, 0) is 0 Å². The van der Waals surface area contributed by atoms with Gasteiger partial charge in [0.1, 0.15) is 16.8 Å². The molecule has 0 atom stereocenters. The van der Waals surface area contributed by atoms with E-state index < -0.39 is 0 Å². The summed E-state index contributed by atoms with van der Waals surface area (Å²) in [6.07, 6.45) is 0. The predicted molar refractivity (Wildman–Crippen MR) is 65.9 cm³/mol. The maximum Gasteiger partial charge on any atom is 0.223 e. The van der Waals surface area contributed by atoms with Crippen LogP contribution >= 0.6 is 11.6 Å². The minimum atomic E-state index is -0.363. The Morgan fingerprint density at radius 3 is 2.76 bits per heavy atom. The average Bonchev–Trinajstić information content (AvgIpc) is 2.22. The molecule has 1 heterocycles. The number of anilines is 3. The Morgan fingerprint density at radius 1 is 1.35 bits per heavy atom. The summed E-state index contributed by atoms with van der Waals surface area (Å²) in [4.78, 5) is 7.64. The van der Waals surface area contributed by atoms with E-state index in [4.69, 9.17) is 17.3 Å². The number of nitrogens with zero attached hydrogens (tertiary/aromatic N) is 2. The molecular weight excluding hydrogens is 243 g/mol. The first kappa shape index (κ1) is 11.6. The Labute approximate surface area is 103 Å². The molecule has 0 radical (unpaired) electrons. The molecule has 0 amide bonds. The van der Waals surface area contributed by atoms with Gasteiger partial charge in [-0.2, -0.15) is 4.98 Å².